The van der Waals surface area contributed by atoms with Crippen LogP contribution >= 0.6 is 17.0 Å². The lowest BCUT2D eigenvalue weighted by Crippen LogP contribution is -1.86. The molecule has 0 saturated heterocycles. The lowest BCUT2D eigenvalue weighted by molar-refractivity contribution is 0.627. The van der Waals surface area contributed by atoms with Crippen molar-refractivity contribution in [2.75, 3.05) is 0 Å². The Bertz CT molecular complexity index is 693. The second-order valence-corrected chi connectivity index (χ2v) is 3.75. The highest BCUT2D eigenvalue weighted by Crippen LogP contribution is 2.07. The van der Waals surface area contributed by atoms with Gasteiger partial charge in [-0.25, -0.2) is 9.37 Å². The van der Waals surface area contributed by atoms with Crippen LogP contribution in [-0.4, -0.2) is 4.98 Å². The molecule has 0 N–H and O–H groups in total. The summed E-state index contributed by atoms with van der Waals surface area (Å²) in [7, 11) is 0. The van der Waals surface area contributed by atoms with E-state index in [-0.39, 0.29) is 22.5 Å². The van der Waals surface area contributed by atoms with Crippen LogP contribution in [0, 0.1) is 35.9 Å². The number of aryl methyl sites for hydroxylation is 1. The van der Waals surface area contributed by atoms with Crippen LogP contribution in [0.4, 0.5) is 4.39 Å². The van der Waals surface area contributed by atoms with Crippen molar-refractivity contribution in [2.24, 2.45) is 0 Å². The van der Waals surface area contributed by atoms with E-state index >= 15 is 0 Å². The minimum absolute atomic E-state index is 0. The van der Waals surface area contributed by atoms with E-state index in [1.807, 2.05) is 25.1 Å². The fourth-order valence-electron chi connectivity index (χ4n) is 1.48. The van der Waals surface area contributed by atoms with Gasteiger partial charge in [0, 0.05) is 11.3 Å². The van der Waals surface area contributed by atoms with Crippen molar-refractivity contribution in [3.05, 3.63) is 64.7 Å². The largest absolute Gasteiger partial charge is 0.245 e. The highest BCUT2D eigenvalue weighted by atomic mass is 79.9. The Balaban J connectivity index is 0.00000180. The third-order valence-corrected chi connectivity index (χ3v) is 2.25. The molecule has 0 amide bonds. The molecule has 4 heteroatoms. The lowest BCUT2D eigenvalue weighted by atomic mass is 10.1. The molecule has 0 aliphatic heterocycles. The van der Waals surface area contributed by atoms with Crippen molar-refractivity contribution in [3.8, 4) is 17.9 Å². The Kier molecular flexibility index (Phi) is 5.23. The maximum Gasteiger partial charge on any atom is 0.125 e. The monoisotopic (exact) mass is 316 g/mol. The van der Waals surface area contributed by atoms with Crippen molar-refractivity contribution >= 4 is 17.0 Å². The number of nitrogens with zero attached hydrogens (tertiary/aromatic N) is 2. The molecule has 1 aromatic carbocycles. The van der Waals surface area contributed by atoms with Gasteiger partial charge in [-0.3, -0.25) is 0 Å². The topological polar surface area (TPSA) is 36.7 Å². The van der Waals surface area contributed by atoms with Gasteiger partial charge >= 0.3 is 0 Å². The van der Waals surface area contributed by atoms with E-state index in [1.54, 1.807) is 12.1 Å². The summed E-state index contributed by atoms with van der Waals surface area (Å²) in [6.07, 6.45) is 0. The number of halogens is 2. The van der Waals surface area contributed by atoms with Gasteiger partial charge < -0.3 is 0 Å². The summed E-state index contributed by atoms with van der Waals surface area (Å²) in [6.45, 7) is 1.88. The first kappa shape index (κ1) is 14.9. The smallest absolute Gasteiger partial charge is 0.125 e. The Hall–Kier alpha value is -2.17. The normalized spacial score (nSPS) is 8.68. The quantitative estimate of drug-likeness (QED) is 0.699. The number of hydrogen-bond donors (Lipinski definition) is 0. The SMILES string of the molecule is Br.Cc1cccc(C#Cc2cc(F)cc(C#N)c2)n1. The van der Waals surface area contributed by atoms with Gasteiger partial charge in [-0.05, 0) is 43.2 Å². The third-order valence-electron chi connectivity index (χ3n) is 2.25. The highest BCUT2D eigenvalue weighted by molar-refractivity contribution is 8.93. The zero-order chi connectivity index (χ0) is 13.0. The Morgan fingerprint density at radius 1 is 1.11 bits per heavy atom. The molecule has 1 aromatic heterocycles. The van der Waals surface area contributed by atoms with E-state index in [4.69, 9.17) is 5.26 Å². The Morgan fingerprint density at radius 3 is 2.53 bits per heavy atom. The number of benzene rings is 1. The zero-order valence-corrected chi connectivity index (χ0v) is 11.9. The first-order valence-corrected chi connectivity index (χ1v) is 5.34. The number of aromatic nitrogens is 1. The number of pyridine rings is 1. The maximum atomic E-state index is 13.2. The van der Waals surface area contributed by atoms with E-state index in [0.717, 1.165) is 5.69 Å². The molecule has 2 aromatic rings. The molecule has 0 radical (unpaired) electrons. The van der Waals surface area contributed by atoms with E-state index < -0.39 is 5.82 Å². The lowest BCUT2D eigenvalue weighted by Gasteiger charge is -1.94. The molecular weight excluding hydrogens is 307 g/mol. The molecule has 0 aliphatic carbocycles. The molecule has 19 heavy (non-hydrogen) atoms. The molecule has 0 bridgehead atoms. The molecule has 2 nitrogen and oxygen atoms in total. The van der Waals surface area contributed by atoms with Gasteiger partial charge in [0.15, 0.2) is 0 Å². The number of rotatable bonds is 0. The van der Waals surface area contributed by atoms with Gasteiger partial charge in [-0.2, -0.15) is 5.26 Å². The highest BCUT2D eigenvalue weighted by Gasteiger charge is 1.98. The summed E-state index contributed by atoms with van der Waals surface area (Å²) in [5, 5.41) is 8.73. The van der Waals surface area contributed by atoms with Crippen LogP contribution < -0.4 is 0 Å². The van der Waals surface area contributed by atoms with E-state index in [0.29, 0.717) is 11.3 Å². The summed E-state index contributed by atoms with van der Waals surface area (Å²) < 4.78 is 13.2. The van der Waals surface area contributed by atoms with Crippen molar-refractivity contribution in [2.45, 2.75) is 6.92 Å². The Morgan fingerprint density at radius 2 is 1.84 bits per heavy atom. The first-order chi connectivity index (χ1) is 8.67. The molecule has 0 unspecified atom stereocenters. The first-order valence-electron chi connectivity index (χ1n) is 5.34. The molecule has 0 fully saturated rings. The van der Waals surface area contributed by atoms with E-state index in [2.05, 4.69) is 16.8 Å². The minimum Gasteiger partial charge on any atom is -0.245 e. The summed E-state index contributed by atoms with van der Waals surface area (Å²) in [5.41, 5.74) is 2.22. The molecule has 94 valence electrons. The van der Waals surface area contributed by atoms with Crippen molar-refractivity contribution in [1.29, 1.82) is 5.26 Å². The molecule has 0 aliphatic rings. The predicted molar refractivity (Wildman–Crippen MR) is 76.4 cm³/mol. The molecule has 2 rings (SSSR count). The number of nitriles is 1. The summed E-state index contributed by atoms with van der Waals surface area (Å²) in [5.74, 6) is 5.18. The standard InChI is InChI=1S/C15H9FN2.BrH/c1-11-3-2-4-15(18-11)6-5-12-7-13(10-17)9-14(16)8-12;/h2-4,7-9H,1H3;1H. The molecule has 1 heterocycles. The second-order valence-electron chi connectivity index (χ2n) is 3.75. The van der Waals surface area contributed by atoms with Crippen LogP contribution in [0.1, 0.15) is 22.5 Å². The summed E-state index contributed by atoms with van der Waals surface area (Å²) in [4.78, 5) is 4.22. The van der Waals surface area contributed by atoms with E-state index in [1.165, 1.54) is 12.1 Å². The third kappa shape index (κ3) is 4.21. The fraction of sp³-hybridized carbons (Fsp3) is 0.0667. The minimum atomic E-state index is -0.462. The van der Waals surface area contributed by atoms with Crippen molar-refractivity contribution in [3.63, 3.8) is 0 Å². The van der Waals surface area contributed by atoms with Gasteiger partial charge in [-0.1, -0.05) is 12.0 Å². The van der Waals surface area contributed by atoms with Crippen molar-refractivity contribution in [1.82, 2.24) is 4.98 Å². The van der Waals surface area contributed by atoms with E-state index in [9.17, 15) is 4.39 Å². The second kappa shape index (κ2) is 6.68. The van der Waals surface area contributed by atoms with Gasteiger partial charge in [-0.15, -0.1) is 17.0 Å². The molecule has 0 saturated carbocycles. The van der Waals surface area contributed by atoms with Crippen LogP contribution in [0.15, 0.2) is 36.4 Å². The van der Waals surface area contributed by atoms with Crippen LogP contribution in [-0.2, 0) is 0 Å². The molecule has 0 spiro atoms. The van der Waals surface area contributed by atoms with Crippen LogP contribution in [0.25, 0.3) is 0 Å². The van der Waals surface area contributed by atoms with Gasteiger partial charge in [0.2, 0.25) is 0 Å². The zero-order valence-electron chi connectivity index (χ0n) is 10.1. The average Bonchev–Trinajstić information content (AvgIpc) is 2.36. The van der Waals surface area contributed by atoms with Crippen molar-refractivity contribution < 1.29 is 4.39 Å². The van der Waals surface area contributed by atoms with Crippen LogP contribution in [0.3, 0.4) is 0 Å². The van der Waals surface area contributed by atoms with Crippen LogP contribution in [0.2, 0.25) is 0 Å². The fourth-order valence-corrected chi connectivity index (χ4v) is 1.48. The maximum absolute atomic E-state index is 13.2. The van der Waals surface area contributed by atoms with Crippen LogP contribution in [0.5, 0.6) is 0 Å². The molecule has 0 atom stereocenters. The number of hydrogen-bond acceptors (Lipinski definition) is 2. The van der Waals surface area contributed by atoms with Gasteiger partial charge in [0.25, 0.3) is 0 Å². The van der Waals surface area contributed by atoms with Gasteiger partial charge in [0.1, 0.15) is 11.5 Å². The van der Waals surface area contributed by atoms with Gasteiger partial charge in [0.05, 0.1) is 11.6 Å². The summed E-state index contributed by atoms with van der Waals surface area (Å²) >= 11 is 0. The molecular formula is C15H10BrFN2. The summed E-state index contributed by atoms with van der Waals surface area (Å²) in [6, 6.07) is 11.4. The predicted octanol–water partition coefficient (Wildman–Crippen LogP) is 3.38. The Labute approximate surface area is 121 Å². The average molecular weight is 317 g/mol.